The number of non-ortho nitro benzene ring substituents is 1. The van der Waals surface area contributed by atoms with Crippen LogP contribution in [0.2, 0.25) is 0 Å². The molecule has 140 valence electrons. The minimum Gasteiger partial charge on any atom is -0.495 e. The lowest BCUT2D eigenvalue weighted by molar-refractivity contribution is -0.384. The fourth-order valence-electron chi connectivity index (χ4n) is 1.91. The number of ether oxygens (including phenoxy) is 1. The number of hydrogen-bond donors (Lipinski definition) is 2. The summed E-state index contributed by atoms with van der Waals surface area (Å²) in [6.07, 6.45) is 0.978. The Hall–Kier alpha value is -2.40. The summed E-state index contributed by atoms with van der Waals surface area (Å²) in [7, 11) is 1.43. The molecular formula is C15H19N5O4S2. The molecular weight excluding hydrogens is 378 g/mol. The molecule has 0 saturated heterocycles. The Balaban J connectivity index is 2.03. The van der Waals surface area contributed by atoms with E-state index in [1.165, 1.54) is 48.4 Å². The van der Waals surface area contributed by atoms with Crippen molar-refractivity contribution in [1.29, 1.82) is 0 Å². The summed E-state index contributed by atoms with van der Waals surface area (Å²) in [6.45, 7) is 4.59. The number of hydrogen-bond acceptors (Lipinski definition) is 9. The second kappa shape index (κ2) is 9.34. The molecule has 0 aliphatic heterocycles. The van der Waals surface area contributed by atoms with Gasteiger partial charge in [0, 0.05) is 18.7 Å². The minimum atomic E-state index is -0.528. The maximum Gasteiger partial charge on any atom is 0.271 e. The van der Waals surface area contributed by atoms with Gasteiger partial charge in [-0.15, -0.1) is 10.2 Å². The van der Waals surface area contributed by atoms with Gasteiger partial charge in [-0.2, -0.15) is 0 Å². The van der Waals surface area contributed by atoms with Crippen LogP contribution in [0.4, 0.5) is 16.5 Å². The van der Waals surface area contributed by atoms with E-state index in [1.807, 2.05) is 0 Å². The summed E-state index contributed by atoms with van der Waals surface area (Å²) >= 11 is 2.64. The molecule has 0 saturated carbocycles. The van der Waals surface area contributed by atoms with Gasteiger partial charge in [0.2, 0.25) is 11.0 Å². The molecule has 2 rings (SSSR count). The van der Waals surface area contributed by atoms with Crippen LogP contribution in [-0.2, 0) is 4.79 Å². The fraction of sp³-hybridized carbons (Fsp3) is 0.400. The molecule has 0 aliphatic carbocycles. The van der Waals surface area contributed by atoms with Crippen molar-refractivity contribution in [1.82, 2.24) is 10.2 Å². The predicted octanol–water partition coefficient (Wildman–Crippen LogP) is 3.40. The standard InChI is InChI=1S/C15H19N5O4S2/c1-4-7-16-14-18-19-15(26-14)25-9(2)13(21)17-11-8-10(20(22)23)5-6-12(11)24-3/h5-6,8-9H,4,7H2,1-3H3,(H,16,18)(H,17,21)/t9-/m0/s1. The van der Waals surface area contributed by atoms with E-state index >= 15 is 0 Å². The van der Waals surface area contributed by atoms with Gasteiger partial charge in [-0.3, -0.25) is 14.9 Å². The second-order valence-corrected chi connectivity index (χ2v) is 7.76. The summed E-state index contributed by atoms with van der Waals surface area (Å²) in [4.78, 5) is 22.8. The highest BCUT2D eigenvalue weighted by molar-refractivity contribution is 8.02. The Morgan fingerprint density at radius 1 is 1.46 bits per heavy atom. The number of rotatable bonds is 9. The third-order valence-corrected chi connectivity index (χ3v) is 5.30. The van der Waals surface area contributed by atoms with Gasteiger partial charge in [-0.1, -0.05) is 30.0 Å². The quantitative estimate of drug-likeness (QED) is 0.375. The lowest BCUT2D eigenvalue weighted by atomic mass is 10.2. The number of carbonyl (C=O) groups is 1. The Bertz CT molecular complexity index is 783. The van der Waals surface area contributed by atoms with Gasteiger partial charge in [0.25, 0.3) is 5.69 Å². The first-order chi connectivity index (χ1) is 12.4. The number of amides is 1. The summed E-state index contributed by atoms with van der Waals surface area (Å²) in [6, 6.07) is 4.03. The molecule has 1 heterocycles. The van der Waals surface area contributed by atoms with Crippen LogP contribution in [0.1, 0.15) is 20.3 Å². The molecule has 0 unspecified atom stereocenters. The molecule has 1 aromatic carbocycles. The number of benzene rings is 1. The maximum atomic E-state index is 12.4. The smallest absolute Gasteiger partial charge is 0.271 e. The first kappa shape index (κ1) is 19.9. The van der Waals surface area contributed by atoms with E-state index in [4.69, 9.17) is 4.74 Å². The van der Waals surface area contributed by atoms with Crippen molar-refractivity contribution in [2.24, 2.45) is 0 Å². The zero-order valence-corrected chi connectivity index (χ0v) is 16.1. The first-order valence-electron chi connectivity index (χ1n) is 7.82. The highest BCUT2D eigenvalue weighted by atomic mass is 32.2. The second-order valence-electron chi connectivity index (χ2n) is 5.19. The highest BCUT2D eigenvalue weighted by Crippen LogP contribution is 2.32. The number of methoxy groups -OCH3 is 1. The first-order valence-corrected chi connectivity index (χ1v) is 9.51. The number of aromatic nitrogens is 2. The van der Waals surface area contributed by atoms with Gasteiger partial charge in [-0.05, 0) is 19.4 Å². The molecule has 2 N–H and O–H groups in total. The van der Waals surface area contributed by atoms with E-state index in [2.05, 4.69) is 27.8 Å². The van der Waals surface area contributed by atoms with Gasteiger partial charge in [0.05, 0.1) is 23.0 Å². The van der Waals surface area contributed by atoms with Gasteiger partial charge < -0.3 is 15.4 Å². The maximum absolute atomic E-state index is 12.4. The van der Waals surface area contributed by atoms with Crippen LogP contribution < -0.4 is 15.4 Å². The molecule has 9 nitrogen and oxygen atoms in total. The molecule has 0 radical (unpaired) electrons. The van der Waals surface area contributed by atoms with Crippen LogP contribution in [0.3, 0.4) is 0 Å². The summed E-state index contributed by atoms with van der Waals surface area (Å²) < 4.78 is 5.81. The SMILES string of the molecule is CCCNc1nnc(S[C@@H](C)C(=O)Nc2cc([N+](=O)[O-])ccc2OC)s1. The Labute approximate surface area is 158 Å². The Morgan fingerprint density at radius 3 is 2.88 bits per heavy atom. The van der Waals surface area contributed by atoms with E-state index in [0.29, 0.717) is 15.2 Å². The molecule has 1 atom stereocenters. The largest absolute Gasteiger partial charge is 0.495 e. The molecule has 1 amide bonds. The number of nitrogens with zero attached hydrogens (tertiary/aromatic N) is 3. The van der Waals surface area contributed by atoms with Crippen LogP contribution in [0.25, 0.3) is 0 Å². The van der Waals surface area contributed by atoms with E-state index in [9.17, 15) is 14.9 Å². The van der Waals surface area contributed by atoms with E-state index in [1.54, 1.807) is 6.92 Å². The van der Waals surface area contributed by atoms with Gasteiger partial charge >= 0.3 is 0 Å². The monoisotopic (exact) mass is 397 g/mol. The van der Waals surface area contributed by atoms with E-state index in [0.717, 1.165) is 13.0 Å². The van der Waals surface area contributed by atoms with Crippen molar-refractivity contribution in [2.75, 3.05) is 24.3 Å². The average molecular weight is 397 g/mol. The van der Waals surface area contributed by atoms with Crippen molar-refractivity contribution in [3.8, 4) is 5.75 Å². The fourth-order valence-corrected chi connectivity index (χ4v) is 3.83. The summed E-state index contributed by atoms with van der Waals surface area (Å²) in [5.41, 5.74) is 0.124. The minimum absolute atomic E-state index is 0.128. The van der Waals surface area contributed by atoms with Gasteiger partial charge in [0.1, 0.15) is 5.75 Å². The van der Waals surface area contributed by atoms with E-state index in [-0.39, 0.29) is 17.3 Å². The Morgan fingerprint density at radius 2 is 2.23 bits per heavy atom. The number of nitrogens with one attached hydrogen (secondary N) is 2. The number of thioether (sulfide) groups is 1. The lowest BCUT2D eigenvalue weighted by Crippen LogP contribution is -2.22. The van der Waals surface area contributed by atoms with Crippen molar-refractivity contribution in [3.05, 3.63) is 28.3 Å². The number of anilines is 2. The number of nitro benzene ring substituents is 1. The molecule has 0 bridgehead atoms. The summed E-state index contributed by atoms with van der Waals surface area (Å²) in [5, 5.41) is 25.0. The molecule has 11 heteroatoms. The Kier molecular flexibility index (Phi) is 7.16. The van der Waals surface area contributed by atoms with Crippen LogP contribution in [0.5, 0.6) is 5.75 Å². The zero-order chi connectivity index (χ0) is 19.1. The highest BCUT2D eigenvalue weighted by Gasteiger charge is 2.20. The molecule has 2 aromatic rings. The van der Waals surface area contributed by atoms with Gasteiger partial charge in [0.15, 0.2) is 4.34 Å². The third kappa shape index (κ3) is 5.30. The van der Waals surface area contributed by atoms with Crippen LogP contribution in [0.15, 0.2) is 22.5 Å². The predicted molar refractivity (Wildman–Crippen MR) is 102 cm³/mol. The lowest BCUT2D eigenvalue weighted by Gasteiger charge is -2.13. The van der Waals surface area contributed by atoms with Crippen molar-refractivity contribution < 1.29 is 14.5 Å². The van der Waals surface area contributed by atoms with E-state index < -0.39 is 10.2 Å². The van der Waals surface area contributed by atoms with Crippen LogP contribution >= 0.6 is 23.1 Å². The van der Waals surface area contributed by atoms with Crippen molar-refractivity contribution in [2.45, 2.75) is 29.9 Å². The van der Waals surface area contributed by atoms with Crippen molar-refractivity contribution in [3.63, 3.8) is 0 Å². The van der Waals surface area contributed by atoms with Crippen LogP contribution in [0, 0.1) is 10.1 Å². The molecule has 0 aliphatic rings. The molecule has 0 fully saturated rings. The number of carbonyl (C=O) groups excluding carboxylic acids is 1. The summed E-state index contributed by atoms with van der Waals surface area (Å²) in [5.74, 6) is 0.0372. The molecule has 26 heavy (non-hydrogen) atoms. The molecule has 0 spiro atoms. The topological polar surface area (TPSA) is 119 Å². The van der Waals surface area contributed by atoms with Gasteiger partial charge in [-0.25, -0.2) is 0 Å². The zero-order valence-electron chi connectivity index (χ0n) is 14.5. The molecule has 1 aromatic heterocycles. The normalized spacial score (nSPS) is 11.7. The number of nitro groups is 1. The van der Waals surface area contributed by atoms with Crippen LogP contribution in [-0.4, -0.2) is 39.9 Å². The van der Waals surface area contributed by atoms with Crippen molar-refractivity contribution >= 4 is 45.5 Å². The third-order valence-electron chi connectivity index (χ3n) is 3.23. The average Bonchev–Trinajstić information content (AvgIpc) is 3.06.